The fourth-order valence-corrected chi connectivity index (χ4v) is 4.17. The largest absolute Gasteiger partial charge is 0.325 e. The monoisotopic (exact) mass is 494 g/mol. The third-order valence-corrected chi connectivity index (χ3v) is 6.00. The van der Waals surface area contributed by atoms with Crippen LogP contribution in [-0.4, -0.2) is 21.2 Å². The van der Waals surface area contributed by atoms with Crippen LogP contribution in [0.25, 0.3) is 5.65 Å². The molecule has 156 valence electrons. The van der Waals surface area contributed by atoms with Crippen LogP contribution in [0.3, 0.4) is 0 Å². The molecule has 2 aromatic heterocycles. The molecule has 0 atom stereocenters. The summed E-state index contributed by atoms with van der Waals surface area (Å²) in [6.07, 6.45) is 4.00. The molecule has 0 spiro atoms. The number of imidazole rings is 1. The lowest BCUT2D eigenvalue weighted by atomic mass is 10.2. The second-order valence-electron chi connectivity index (χ2n) is 6.84. The van der Waals surface area contributed by atoms with E-state index in [0.717, 1.165) is 26.5 Å². The maximum absolute atomic E-state index is 12.7. The summed E-state index contributed by atoms with van der Waals surface area (Å²) in [7, 11) is 0. The molecule has 4 aromatic rings. The number of nitrogens with one attached hydrogen (secondary N) is 2. The van der Waals surface area contributed by atoms with E-state index in [-0.39, 0.29) is 11.8 Å². The highest BCUT2D eigenvalue weighted by Gasteiger charge is 2.11. The second-order valence-corrected chi connectivity index (χ2v) is 8.80. The molecule has 0 aliphatic rings. The molecule has 0 bridgehead atoms. The predicted octanol–water partition coefficient (Wildman–Crippen LogP) is 5.60. The fourth-order valence-electron chi connectivity index (χ4n) is 3.03. The molecule has 0 saturated heterocycles. The predicted molar refractivity (Wildman–Crippen MR) is 128 cm³/mol. The molecule has 2 aromatic carbocycles. The van der Waals surface area contributed by atoms with Crippen LogP contribution in [-0.2, 0) is 10.5 Å². The Morgan fingerprint density at radius 3 is 2.58 bits per heavy atom. The lowest BCUT2D eigenvalue weighted by Crippen LogP contribution is -2.15. The van der Waals surface area contributed by atoms with E-state index >= 15 is 0 Å². The number of amides is 2. The van der Waals surface area contributed by atoms with Gasteiger partial charge in [0.15, 0.2) is 0 Å². The highest BCUT2D eigenvalue weighted by Crippen LogP contribution is 2.27. The van der Waals surface area contributed by atoms with E-state index in [2.05, 4.69) is 31.5 Å². The minimum Gasteiger partial charge on any atom is -0.325 e. The van der Waals surface area contributed by atoms with Crippen LogP contribution >= 0.6 is 27.7 Å². The van der Waals surface area contributed by atoms with E-state index in [1.54, 1.807) is 42.1 Å². The minimum absolute atomic E-state index is 0.204. The SMILES string of the molecule is CC(=O)Nc1ccc(Br)cc1NC(=O)c1ccc(SCc2cn3ccccc3n2)cc1. The molecule has 8 heteroatoms. The van der Waals surface area contributed by atoms with Gasteiger partial charge in [-0.2, -0.15) is 0 Å². The molecule has 6 nitrogen and oxygen atoms in total. The summed E-state index contributed by atoms with van der Waals surface area (Å²) in [6.45, 7) is 1.43. The van der Waals surface area contributed by atoms with E-state index in [9.17, 15) is 9.59 Å². The number of halogens is 1. The number of fused-ring (bicyclic) bond motifs is 1. The number of anilines is 2. The van der Waals surface area contributed by atoms with Gasteiger partial charge in [-0.05, 0) is 54.6 Å². The van der Waals surface area contributed by atoms with Crippen molar-refractivity contribution in [2.45, 2.75) is 17.6 Å². The van der Waals surface area contributed by atoms with E-state index in [0.29, 0.717) is 16.9 Å². The van der Waals surface area contributed by atoms with Gasteiger partial charge in [-0.1, -0.05) is 22.0 Å². The first kappa shape index (κ1) is 21.1. The summed E-state index contributed by atoms with van der Waals surface area (Å²) in [5.41, 5.74) is 3.53. The molecule has 0 radical (unpaired) electrons. The van der Waals surface area contributed by atoms with E-state index in [1.165, 1.54) is 6.92 Å². The molecule has 0 saturated carbocycles. The maximum atomic E-state index is 12.7. The quantitative estimate of drug-likeness (QED) is 0.342. The summed E-state index contributed by atoms with van der Waals surface area (Å²) < 4.78 is 2.80. The number of benzene rings is 2. The Bertz CT molecular complexity index is 1220. The van der Waals surface area contributed by atoms with Gasteiger partial charge in [0.25, 0.3) is 5.91 Å². The van der Waals surface area contributed by atoms with Gasteiger partial charge in [-0.15, -0.1) is 11.8 Å². The van der Waals surface area contributed by atoms with Crippen LogP contribution < -0.4 is 10.6 Å². The minimum atomic E-state index is -0.249. The lowest BCUT2D eigenvalue weighted by molar-refractivity contribution is -0.114. The van der Waals surface area contributed by atoms with Crippen molar-refractivity contribution in [1.82, 2.24) is 9.38 Å². The smallest absolute Gasteiger partial charge is 0.255 e. The van der Waals surface area contributed by atoms with Crippen LogP contribution in [0.1, 0.15) is 23.0 Å². The number of hydrogen-bond donors (Lipinski definition) is 2. The summed E-state index contributed by atoms with van der Waals surface area (Å²) >= 11 is 5.06. The van der Waals surface area contributed by atoms with Gasteiger partial charge >= 0.3 is 0 Å². The van der Waals surface area contributed by atoms with Crippen molar-refractivity contribution >= 4 is 56.5 Å². The number of hydrogen-bond acceptors (Lipinski definition) is 4. The average Bonchev–Trinajstić information content (AvgIpc) is 3.17. The zero-order chi connectivity index (χ0) is 21.8. The molecule has 0 aliphatic carbocycles. The van der Waals surface area contributed by atoms with E-state index in [1.807, 2.05) is 47.1 Å². The highest BCUT2D eigenvalue weighted by molar-refractivity contribution is 9.10. The first-order chi connectivity index (χ1) is 15.0. The van der Waals surface area contributed by atoms with Crippen LogP contribution in [0.4, 0.5) is 11.4 Å². The zero-order valence-electron chi connectivity index (χ0n) is 16.6. The third-order valence-electron chi connectivity index (χ3n) is 4.46. The van der Waals surface area contributed by atoms with Crippen molar-refractivity contribution in [2.75, 3.05) is 10.6 Å². The van der Waals surface area contributed by atoms with Crippen molar-refractivity contribution in [3.63, 3.8) is 0 Å². The zero-order valence-corrected chi connectivity index (χ0v) is 19.0. The van der Waals surface area contributed by atoms with Crippen LogP contribution in [0, 0.1) is 0 Å². The molecule has 2 heterocycles. The molecule has 0 fully saturated rings. The Hall–Kier alpha value is -3.10. The molecule has 0 unspecified atom stereocenters. The molecule has 0 aliphatic heterocycles. The molecular weight excluding hydrogens is 476 g/mol. The van der Waals surface area contributed by atoms with Crippen LogP contribution in [0.5, 0.6) is 0 Å². The Kier molecular flexibility index (Phi) is 6.39. The van der Waals surface area contributed by atoms with Crippen LogP contribution in [0.2, 0.25) is 0 Å². The fraction of sp³-hybridized carbons (Fsp3) is 0.0870. The maximum Gasteiger partial charge on any atom is 0.255 e. The number of thioether (sulfide) groups is 1. The average molecular weight is 495 g/mol. The van der Waals surface area contributed by atoms with Crippen molar-refractivity contribution < 1.29 is 9.59 Å². The van der Waals surface area contributed by atoms with Gasteiger partial charge in [-0.3, -0.25) is 9.59 Å². The number of aromatic nitrogens is 2. The number of carbonyl (C=O) groups excluding carboxylic acids is 2. The first-order valence-electron chi connectivity index (χ1n) is 9.52. The normalized spacial score (nSPS) is 10.8. The molecule has 2 N–H and O–H groups in total. The van der Waals surface area contributed by atoms with E-state index in [4.69, 9.17) is 0 Å². The Balaban J connectivity index is 1.41. The summed E-state index contributed by atoms with van der Waals surface area (Å²) in [5.74, 6) is 0.289. The van der Waals surface area contributed by atoms with Crippen molar-refractivity contribution in [3.05, 3.63) is 88.8 Å². The Labute approximate surface area is 192 Å². The van der Waals surface area contributed by atoms with Crippen molar-refractivity contribution in [3.8, 4) is 0 Å². The standard InChI is InChI=1S/C23H19BrN4O2S/c1-15(29)25-20-10-7-17(24)12-21(20)27-23(30)16-5-8-19(9-6-16)31-14-18-13-28-11-3-2-4-22(28)26-18/h2-13H,14H2,1H3,(H,25,29)(H,27,30). The van der Waals surface area contributed by atoms with Crippen molar-refractivity contribution in [1.29, 1.82) is 0 Å². The highest BCUT2D eigenvalue weighted by atomic mass is 79.9. The number of nitrogens with zero attached hydrogens (tertiary/aromatic N) is 2. The van der Waals surface area contributed by atoms with Gasteiger partial charge in [0.1, 0.15) is 5.65 Å². The van der Waals surface area contributed by atoms with Gasteiger partial charge in [-0.25, -0.2) is 4.98 Å². The Morgan fingerprint density at radius 2 is 1.84 bits per heavy atom. The van der Waals surface area contributed by atoms with Gasteiger partial charge in [0.05, 0.1) is 17.1 Å². The molecule has 4 rings (SSSR count). The van der Waals surface area contributed by atoms with Crippen LogP contribution in [0.15, 0.2) is 82.4 Å². The summed E-state index contributed by atoms with van der Waals surface area (Å²) in [5, 5.41) is 5.58. The molecule has 31 heavy (non-hydrogen) atoms. The van der Waals surface area contributed by atoms with Crippen molar-refractivity contribution in [2.24, 2.45) is 0 Å². The number of rotatable bonds is 6. The Morgan fingerprint density at radius 1 is 1.03 bits per heavy atom. The number of pyridine rings is 1. The topological polar surface area (TPSA) is 75.5 Å². The van der Waals surface area contributed by atoms with Gasteiger partial charge in [0, 0.05) is 40.0 Å². The third kappa shape index (κ3) is 5.34. The number of carbonyl (C=O) groups is 2. The summed E-state index contributed by atoms with van der Waals surface area (Å²) in [4.78, 5) is 29.8. The van der Waals surface area contributed by atoms with Gasteiger partial charge in [0.2, 0.25) is 5.91 Å². The van der Waals surface area contributed by atoms with Gasteiger partial charge < -0.3 is 15.0 Å². The second kappa shape index (κ2) is 9.36. The van der Waals surface area contributed by atoms with E-state index < -0.39 is 0 Å². The lowest BCUT2D eigenvalue weighted by Gasteiger charge is -2.12. The molecule has 2 amide bonds. The summed E-state index contributed by atoms with van der Waals surface area (Å²) in [6, 6.07) is 18.6. The first-order valence-corrected chi connectivity index (χ1v) is 11.3. The molecular formula is C23H19BrN4O2S.